The predicted molar refractivity (Wildman–Crippen MR) is 149 cm³/mol. The van der Waals surface area contributed by atoms with Gasteiger partial charge in [0, 0.05) is 12.5 Å². The van der Waals surface area contributed by atoms with Gasteiger partial charge in [0.1, 0.15) is 0 Å². The zero-order valence-electron chi connectivity index (χ0n) is 20.0. The Labute approximate surface area is 213 Å². The van der Waals surface area contributed by atoms with E-state index in [0.29, 0.717) is 20.9 Å². The van der Waals surface area contributed by atoms with Crippen molar-refractivity contribution >= 4 is 44.0 Å². The zero-order valence-corrected chi connectivity index (χ0v) is 21.6. The van der Waals surface area contributed by atoms with Crippen molar-refractivity contribution in [3.8, 4) is 11.1 Å². The molecule has 0 saturated carbocycles. The molecule has 0 amide bonds. The molecule has 0 atom stereocenters. The number of sulfone groups is 2. The summed E-state index contributed by atoms with van der Waals surface area (Å²) >= 11 is 0. The van der Waals surface area contributed by atoms with Gasteiger partial charge in [0.15, 0.2) is 19.7 Å². The second-order valence-corrected chi connectivity index (χ2v) is 12.5. The van der Waals surface area contributed by atoms with E-state index in [-0.39, 0.29) is 0 Å². The van der Waals surface area contributed by atoms with E-state index in [1.54, 1.807) is 36.4 Å². The van der Waals surface area contributed by atoms with Gasteiger partial charge in [0.25, 0.3) is 0 Å². The van der Waals surface area contributed by atoms with Crippen LogP contribution in [0.15, 0.2) is 107 Å². The average molecular weight is 515 g/mol. The molecule has 0 fully saturated rings. The molecule has 36 heavy (non-hydrogen) atoms. The fourth-order valence-electron chi connectivity index (χ4n) is 3.86. The van der Waals surface area contributed by atoms with Gasteiger partial charge in [-0.05, 0) is 45.5 Å². The van der Waals surface area contributed by atoms with Crippen LogP contribution in [0.25, 0.3) is 35.4 Å². The predicted octanol–water partition coefficient (Wildman–Crippen LogP) is 6.50. The molecule has 0 aliphatic heterocycles. The van der Waals surface area contributed by atoms with Gasteiger partial charge in [-0.1, -0.05) is 109 Å². The minimum atomic E-state index is -3.30. The lowest BCUT2D eigenvalue weighted by Gasteiger charge is -2.05. The topological polar surface area (TPSA) is 68.3 Å². The first kappa shape index (κ1) is 25.4. The van der Waals surface area contributed by atoms with E-state index < -0.39 is 19.7 Å². The fraction of sp³-hybridized carbons (Fsp3) is 0.0667. The highest BCUT2D eigenvalue weighted by molar-refractivity contribution is 7.91. The summed E-state index contributed by atoms with van der Waals surface area (Å²) in [5, 5.41) is 0. The van der Waals surface area contributed by atoms with Gasteiger partial charge >= 0.3 is 0 Å². The Kier molecular flexibility index (Phi) is 7.38. The van der Waals surface area contributed by atoms with Gasteiger partial charge in [0.05, 0.1) is 9.79 Å². The fourth-order valence-corrected chi connectivity index (χ4v) is 5.64. The van der Waals surface area contributed by atoms with Gasteiger partial charge in [-0.3, -0.25) is 0 Å². The summed E-state index contributed by atoms with van der Waals surface area (Å²) in [5.74, 6) is 0. The first-order chi connectivity index (χ1) is 17.1. The molecule has 0 N–H and O–H groups in total. The van der Waals surface area contributed by atoms with Crippen LogP contribution in [0.2, 0.25) is 0 Å². The monoisotopic (exact) mass is 514 g/mol. The van der Waals surface area contributed by atoms with E-state index in [2.05, 4.69) is 0 Å². The van der Waals surface area contributed by atoms with Crippen LogP contribution < -0.4 is 0 Å². The molecule has 0 bridgehead atoms. The first-order valence-corrected chi connectivity index (χ1v) is 15.0. The Morgan fingerprint density at radius 3 is 1.11 bits per heavy atom. The minimum Gasteiger partial charge on any atom is -0.224 e. The van der Waals surface area contributed by atoms with Crippen LogP contribution >= 0.6 is 0 Å². The highest BCUT2D eigenvalue weighted by atomic mass is 32.2. The van der Waals surface area contributed by atoms with Crippen molar-refractivity contribution in [1.29, 1.82) is 0 Å². The number of hydrogen-bond acceptors (Lipinski definition) is 4. The third kappa shape index (κ3) is 6.27. The molecular formula is C30H26O4S2. The van der Waals surface area contributed by atoms with Crippen LogP contribution in [0, 0.1) is 0 Å². The van der Waals surface area contributed by atoms with Crippen molar-refractivity contribution < 1.29 is 16.8 Å². The molecule has 4 nitrogen and oxygen atoms in total. The minimum absolute atomic E-state index is 0.312. The summed E-state index contributed by atoms with van der Waals surface area (Å²) < 4.78 is 48.0. The molecule has 4 aromatic carbocycles. The summed E-state index contributed by atoms with van der Waals surface area (Å²) in [5.41, 5.74) is 5.36. The average Bonchev–Trinajstić information content (AvgIpc) is 2.86. The highest BCUT2D eigenvalue weighted by Crippen LogP contribution is 2.24. The van der Waals surface area contributed by atoms with Crippen molar-refractivity contribution in [3.05, 3.63) is 119 Å². The molecule has 0 aromatic heterocycles. The van der Waals surface area contributed by atoms with E-state index in [4.69, 9.17) is 0 Å². The Morgan fingerprint density at radius 1 is 0.444 bits per heavy atom. The Bertz CT molecular complexity index is 1520. The Balaban J connectivity index is 1.49. The number of hydrogen-bond donors (Lipinski definition) is 0. The molecule has 4 rings (SSSR count). The molecule has 0 saturated heterocycles. The molecule has 4 aromatic rings. The van der Waals surface area contributed by atoms with Crippen LogP contribution in [-0.4, -0.2) is 29.3 Å². The zero-order chi connectivity index (χ0) is 25.8. The van der Waals surface area contributed by atoms with Crippen LogP contribution in [0.4, 0.5) is 0 Å². The molecule has 0 unspecified atom stereocenters. The van der Waals surface area contributed by atoms with Gasteiger partial charge in [-0.2, -0.15) is 0 Å². The van der Waals surface area contributed by atoms with Crippen LogP contribution in [0.3, 0.4) is 0 Å². The standard InChI is InChI=1S/C30H26O4S2/c1-35(31,32)29-9-5-3-7-27(29)21-15-23-11-17-25(18-12-23)26-19-13-24(14-20-26)16-22-28-8-4-6-10-30(28)36(2,33)34/h3-22H,1-2H3/b21-15+,22-16+. The Hall–Kier alpha value is -3.74. The van der Waals surface area contributed by atoms with Crippen LogP contribution in [-0.2, 0) is 19.7 Å². The molecule has 0 heterocycles. The van der Waals surface area contributed by atoms with Crippen molar-refractivity contribution in [2.24, 2.45) is 0 Å². The third-order valence-electron chi connectivity index (χ3n) is 5.70. The largest absolute Gasteiger partial charge is 0.224 e. The van der Waals surface area contributed by atoms with E-state index >= 15 is 0 Å². The summed E-state index contributed by atoms with van der Waals surface area (Å²) in [6.45, 7) is 0. The summed E-state index contributed by atoms with van der Waals surface area (Å²) in [7, 11) is -6.59. The summed E-state index contributed by atoms with van der Waals surface area (Å²) in [6, 6.07) is 29.9. The summed E-state index contributed by atoms with van der Waals surface area (Å²) in [6.07, 6.45) is 9.85. The second-order valence-electron chi connectivity index (χ2n) is 8.53. The van der Waals surface area contributed by atoms with Gasteiger partial charge < -0.3 is 0 Å². The van der Waals surface area contributed by atoms with Crippen molar-refractivity contribution in [1.82, 2.24) is 0 Å². The lowest BCUT2D eigenvalue weighted by Crippen LogP contribution is -1.99. The summed E-state index contributed by atoms with van der Waals surface area (Å²) in [4.78, 5) is 0.624. The molecule has 0 aliphatic carbocycles. The smallest absolute Gasteiger partial charge is 0.176 e. The van der Waals surface area contributed by atoms with Gasteiger partial charge in [0.2, 0.25) is 0 Å². The second kappa shape index (κ2) is 10.5. The maximum absolute atomic E-state index is 12.0. The highest BCUT2D eigenvalue weighted by Gasteiger charge is 2.11. The third-order valence-corrected chi connectivity index (χ3v) is 8.04. The molecule has 0 aliphatic rings. The lowest BCUT2D eigenvalue weighted by atomic mass is 10.0. The molecule has 0 radical (unpaired) electrons. The van der Waals surface area contributed by atoms with E-state index in [1.807, 2.05) is 85.0 Å². The van der Waals surface area contributed by atoms with E-state index in [9.17, 15) is 16.8 Å². The maximum Gasteiger partial charge on any atom is 0.176 e. The van der Waals surface area contributed by atoms with Crippen molar-refractivity contribution in [3.63, 3.8) is 0 Å². The SMILES string of the molecule is CS(=O)(=O)c1ccccc1/C=C/c1ccc(-c2ccc(/C=C/c3ccccc3S(C)(=O)=O)cc2)cc1. The van der Waals surface area contributed by atoms with Gasteiger partial charge in [-0.25, -0.2) is 16.8 Å². The van der Waals surface area contributed by atoms with E-state index in [1.165, 1.54) is 12.5 Å². The Morgan fingerprint density at radius 2 is 0.778 bits per heavy atom. The number of rotatable bonds is 7. The quantitative estimate of drug-likeness (QED) is 0.264. The maximum atomic E-state index is 12.0. The van der Waals surface area contributed by atoms with Crippen LogP contribution in [0.1, 0.15) is 22.3 Å². The van der Waals surface area contributed by atoms with Crippen molar-refractivity contribution in [2.75, 3.05) is 12.5 Å². The van der Waals surface area contributed by atoms with E-state index in [0.717, 1.165) is 22.3 Å². The first-order valence-electron chi connectivity index (χ1n) is 11.3. The molecular weight excluding hydrogens is 488 g/mol. The number of benzene rings is 4. The molecule has 6 heteroatoms. The molecule has 182 valence electrons. The van der Waals surface area contributed by atoms with Crippen molar-refractivity contribution in [2.45, 2.75) is 9.79 Å². The van der Waals surface area contributed by atoms with Gasteiger partial charge in [-0.15, -0.1) is 0 Å². The normalized spacial score (nSPS) is 12.4. The van der Waals surface area contributed by atoms with Crippen LogP contribution in [0.5, 0.6) is 0 Å². The molecule has 0 spiro atoms. The lowest BCUT2D eigenvalue weighted by molar-refractivity contribution is 0.600.